The van der Waals surface area contributed by atoms with Crippen LogP contribution in [0.25, 0.3) is 10.8 Å². The molecular formula is C17H16N4O2. The Kier molecular flexibility index (Phi) is 4.33. The lowest BCUT2D eigenvalue weighted by molar-refractivity contribution is 0.215. The number of benzene rings is 2. The van der Waals surface area contributed by atoms with E-state index in [1.165, 1.54) is 25.0 Å². The predicted molar refractivity (Wildman–Crippen MR) is 89.3 cm³/mol. The van der Waals surface area contributed by atoms with Crippen LogP contribution in [0.15, 0.2) is 53.9 Å². The van der Waals surface area contributed by atoms with Crippen molar-refractivity contribution in [3.05, 3.63) is 59.9 Å². The Bertz CT molecular complexity index is 849. The summed E-state index contributed by atoms with van der Waals surface area (Å²) in [6, 6.07) is 14.3. The van der Waals surface area contributed by atoms with Crippen molar-refractivity contribution in [2.24, 2.45) is 5.16 Å². The molecule has 116 valence electrons. The van der Waals surface area contributed by atoms with Crippen LogP contribution in [0.1, 0.15) is 11.1 Å². The molecule has 3 rings (SSSR count). The molecule has 0 fully saturated rings. The Hall–Kier alpha value is -3.15. The minimum atomic E-state index is 0.286. The summed E-state index contributed by atoms with van der Waals surface area (Å²) in [6.07, 6.45) is 2.79. The van der Waals surface area contributed by atoms with E-state index in [-0.39, 0.29) is 5.82 Å². The van der Waals surface area contributed by atoms with Gasteiger partial charge in [0.25, 0.3) is 0 Å². The van der Waals surface area contributed by atoms with E-state index in [0.29, 0.717) is 18.1 Å². The second-order valence-electron chi connectivity index (χ2n) is 4.86. The van der Waals surface area contributed by atoms with Gasteiger partial charge in [-0.25, -0.2) is 9.97 Å². The highest BCUT2D eigenvalue weighted by Crippen LogP contribution is 2.20. The van der Waals surface area contributed by atoms with Gasteiger partial charge in [-0.05, 0) is 22.4 Å². The Morgan fingerprint density at radius 2 is 1.96 bits per heavy atom. The molecule has 1 heterocycles. The van der Waals surface area contributed by atoms with Crippen LogP contribution in [-0.2, 0) is 11.4 Å². The van der Waals surface area contributed by atoms with Crippen LogP contribution >= 0.6 is 0 Å². The number of aromatic nitrogens is 2. The first-order valence-corrected chi connectivity index (χ1v) is 7.05. The zero-order valence-corrected chi connectivity index (χ0v) is 12.6. The summed E-state index contributed by atoms with van der Waals surface area (Å²) in [5, 5.41) is 6.05. The molecule has 0 atom stereocenters. The average Bonchev–Trinajstić information content (AvgIpc) is 2.59. The van der Waals surface area contributed by atoms with Crippen molar-refractivity contribution in [2.45, 2.75) is 6.61 Å². The molecule has 1 aromatic heterocycles. The number of rotatable bonds is 5. The zero-order valence-electron chi connectivity index (χ0n) is 12.6. The van der Waals surface area contributed by atoms with Gasteiger partial charge in [-0.3, -0.25) is 0 Å². The van der Waals surface area contributed by atoms with Crippen LogP contribution in [0, 0.1) is 0 Å². The van der Waals surface area contributed by atoms with E-state index in [0.717, 1.165) is 10.9 Å². The van der Waals surface area contributed by atoms with E-state index < -0.39 is 0 Å². The normalized spacial score (nSPS) is 11.0. The summed E-state index contributed by atoms with van der Waals surface area (Å²) in [6.45, 7) is 0.370. The maximum absolute atomic E-state index is 5.83. The van der Waals surface area contributed by atoms with Crippen LogP contribution in [0.3, 0.4) is 0 Å². The van der Waals surface area contributed by atoms with Gasteiger partial charge in [-0.2, -0.15) is 0 Å². The molecule has 0 saturated carbocycles. The van der Waals surface area contributed by atoms with E-state index in [4.69, 9.17) is 10.5 Å². The molecule has 0 unspecified atom stereocenters. The van der Waals surface area contributed by atoms with Crippen LogP contribution in [0.2, 0.25) is 0 Å². The smallest absolute Gasteiger partial charge is 0.228 e. The minimum Gasteiger partial charge on any atom is -0.472 e. The maximum Gasteiger partial charge on any atom is 0.228 e. The Morgan fingerprint density at radius 3 is 2.78 bits per heavy atom. The molecule has 6 nitrogen and oxygen atoms in total. The average molecular weight is 308 g/mol. The van der Waals surface area contributed by atoms with Crippen LogP contribution in [0.5, 0.6) is 5.88 Å². The molecule has 2 N–H and O–H groups in total. The fourth-order valence-electron chi connectivity index (χ4n) is 2.21. The Labute approximate surface area is 133 Å². The topological polar surface area (TPSA) is 82.6 Å². The predicted octanol–water partition coefficient (Wildman–Crippen LogP) is 2.77. The highest BCUT2D eigenvalue weighted by Gasteiger charge is 2.09. The van der Waals surface area contributed by atoms with Gasteiger partial charge in [-0.15, -0.1) is 0 Å². The van der Waals surface area contributed by atoms with Gasteiger partial charge in [0.05, 0.1) is 6.21 Å². The zero-order chi connectivity index (χ0) is 16.1. The highest BCUT2D eigenvalue weighted by atomic mass is 16.6. The molecule has 6 heteroatoms. The standard InChI is InChI=1S/C17H16N4O2/c1-22-21-9-15-16(18)19-11-20-17(15)23-10-12-6-7-13-4-2-3-5-14(13)8-12/h2-9,11H,10H2,1H3,(H2,18,19,20)/b21-9-. The van der Waals surface area contributed by atoms with Crippen LogP contribution < -0.4 is 10.5 Å². The number of nitrogens with two attached hydrogens (primary N) is 1. The van der Waals surface area contributed by atoms with Gasteiger partial charge in [0.1, 0.15) is 31.4 Å². The summed E-state index contributed by atoms with van der Waals surface area (Å²) in [7, 11) is 1.45. The van der Waals surface area contributed by atoms with Gasteiger partial charge < -0.3 is 15.3 Å². The monoisotopic (exact) mass is 308 g/mol. The molecule has 3 aromatic rings. The van der Waals surface area contributed by atoms with Gasteiger partial charge in [0.15, 0.2) is 0 Å². The first-order chi connectivity index (χ1) is 11.3. The number of oxime groups is 1. The fourth-order valence-corrected chi connectivity index (χ4v) is 2.21. The van der Waals surface area contributed by atoms with E-state index >= 15 is 0 Å². The molecule has 0 aliphatic heterocycles. The second kappa shape index (κ2) is 6.74. The third kappa shape index (κ3) is 3.37. The summed E-state index contributed by atoms with van der Waals surface area (Å²) >= 11 is 0. The molecular weight excluding hydrogens is 292 g/mol. The van der Waals surface area contributed by atoms with Crippen molar-refractivity contribution in [1.82, 2.24) is 9.97 Å². The number of nitrogens with zero attached hydrogens (tertiary/aromatic N) is 3. The number of anilines is 1. The van der Waals surface area contributed by atoms with Crippen LogP contribution in [0.4, 0.5) is 5.82 Å². The first-order valence-electron chi connectivity index (χ1n) is 7.05. The Morgan fingerprint density at radius 1 is 1.13 bits per heavy atom. The quantitative estimate of drug-likeness (QED) is 0.579. The number of fused-ring (bicyclic) bond motifs is 1. The maximum atomic E-state index is 5.83. The number of nitrogen functional groups attached to an aromatic ring is 1. The number of ether oxygens (including phenoxy) is 1. The van der Waals surface area contributed by atoms with Gasteiger partial charge >= 0.3 is 0 Å². The van der Waals surface area contributed by atoms with E-state index in [1.54, 1.807) is 0 Å². The minimum absolute atomic E-state index is 0.286. The molecule has 0 radical (unpaired) electrons. The van der Waals surface area contributed by atoms with Gasteiger partial charge in [0.2, 0.25) is 5.88 Å². The van der Waals surface area contributed by atoms with Crippen molar-refractivity contribution in [2.75, 3.05) is 12.8 Å². The van der Waals surface area contributed by atoms with E-state index in [1.807, 2.05) is 18.2 Å². The molecule has 2 aromatic carbocycles. The summed E-state index contributed by atoms with van der Waals surface area (Å²) < 4.78 is 5.77. The Balaban J connectivity index is 1.82. The molecule has 0 amide bonds. The summed E-state index contributed by atoms with van der Waals surface area (Å²) in [4.78, 5) is 12.7. The van der Waals surface area contributed by atoms with Gasteiger partial charge in [0, 0.05) is 0 Å². The SMILES string of the molecule is CO/N=C\c1c(N)ncnc1OCc1ccc2ccccc2c1. The molecule has 0 bridgehead atoms. The van der Waals surface area contributed by atoms with Crippen molar-refractivity contribution < 1.29 is 9.57 Å². The molecule has 0 spiro atoms. The first kappa shape index (κ1) is 14.8. The molecule has 0 aliphatic carbocycles. The largest absolute Gasteiger partial charge is 0.472 e. The van der Waals surface area contributed by atoms with Crippen LogP contribution in [-0.4, -0.2) is 23.3 Å². The van der Waals surface area contributed by atoms with Crippen molar-refractivity contribution in [3.8, 4) is 5.88 Å². The number of hydrogen-bond donors (Lipinski definition) is 1. The van der Waals surface area contributed by atoms with E-state index in [9.17, 15) is 0 Å². The van der Waals surface area contributed by atoms with Crippen molar-refractivity contribution in [3.63, 3.8) is 0 Å². The lowest BCUT2D eigenvalue weighted by atomic mass is 10.1. The lowest BCUT2D eigenvalue weighted by Gasteiger charge is -2.09. The van der Waals surface area contributed by atoms with Gasteiger partial charge in [-0.1, -0.05) is 41.6 Å². The molecule has 0 saturated heterocycles. The van der Waals surface area contributed by atoms with Crippen molar-refractivity contribution in [1.29, 1.82) is 0 Å². The fraction of sp³-hybridized carbons (Fsp3) is 0.118. The third-order valence-electron chi connectivity index (χ3n) is 3.35. The summed E-state index contributed by atoms with van der Waals surface area (Å²) in [5.74, 6) is 0.653. The molecule has 0 aliphatic rings. The second-order valence-corrected chi connectivity index (χ2v) is 4.86. The van der Waals surface area contributed by atoms with E-state index in [2.05, 4.69) is 44.2 Å². The van der Waals surface area contributed by atoms with Crippen molar-refractivity contribution >= 4 is 22.8 Å². The summed E-state index contributed by atoms with van der Waals surface area (Å²) in [5.41, 5.74) is 7.36. The number of hydrogen-bond acceptors (Lipinski definition) is 6. The third-order valence-corrected chi connectivity index (χ3v) is 3.35. The lowest BCUT2D eigenvalue weighted by Crippen LogP contribution is -2.05. The highest BCUT2D eigenvalue weighted by molar-refractivity contribution is 5.88. The molecule has 23 heavy (non-hydrogen) atoms.